The molecule has 1 aliphatic rings. The van der Waals surface area contributed by atoms with Crippen LogP contribution in [0.15, 0.2) is 0 Å². The van der Waals surface area contributed by atoms with E-state index in [1.54, 1.807) is 0 Å². The highest BCUT2D eigenvalue weighted by Gasteiger charge is 2.35. The van der Waals surface area contributed by atoms with E-state index in [1.165, 1.54) is 0 Å². The summed E-state index contributed by atoms with van der Waals surface area (Å²) in [4.78, 5) is 0. The molecule has 5 nitrogen and oxygen atoms in total. The molecule has 0 aliphatic carbocycles. The SMILES string of the molecule is N[C@@H]1[C@H](O)[C@@H](CO)O[CH][C@@H]1O. The molecule has 0 unspecified atom stereocenters. The van der Waals surface area contributed by atoms with Gasteiger partial charge in [-0.15, -0.1) is 0 Å². The molecule has 0 aromatic carbocycles. The van der Waals surface area contributed by atoms with E-state index in [0.29, 0.717) is 0 Å². The number of ether oxygens (including phenoxy) is 1. The topological polar surface area (TPSA) is 95.9 Å². The summed E-state index contributed by atoms with van der Waals surface area (Å²) in [5.41, 5.74) is 5.37. The van der Waals surface area contributed by atoms with Crippen LogP contribution in [-0.4, -0.2) is 46.3 Å². The van der Waals surface area contributed by atoms with E-state index in [1.807, 2.05) is 0 Å². The van der Waals surface area contributed by atoms with Crippen LogP contribution in [0.3, 0.4) is 0 Å². The summed E-state index contributed by atoms with van der Waals surface area (Å²) < 4.78 is 4.77. The third kappa shape index (κ3) is 1.69. The summed E-state index contributed by atoms with van der Waals surface area (Å²) in [5, 5.41) is 26.9. The van der Waals surface area contributed by atoms with Gasteiger partial charge in [0.1, 0.15) is 24.9 Å². The van der Waals surface area contributed by atoms with E-state index in [4.69, 9.17) is 20.7 Å². The second kappa shape index (κ2) is 3.46. The Balaban J connectivity index is 2.52. The third-order valence-corrected chi connectivity index (χ3v) is 1.74. The predicted octanol–water partition coefficient (Wildman–Crippen LogP) is -2.41. The number of hydrogen-bond donors (Lipinski definition) is 4. The molecule has 1 rings (SSSR count). The second-order valence-electron chi connectivity index (χ2n) is 2.55. The molecule has 1 radical (unpaired) electrons. The van der Waals surface area contributed by atoms with Gasteiger partial charge in [0.15, 0.2) is 0 Å². The van der Waals surface area contributed by atoms with Gasteiger partial charge in [0.05, 0.1) is 12.6 Å². The molecule has 4 atom stereocenters. The standard InChI is InChI=1S/C6H12NO4/c7-5-3(9)2-11-4(1-8)6(5)10/h2-6,8-10H,1,7H2/t3-,4+,5-,6+/m0/s1. The van der Waals surface area contributed by atoms with Crippen LogP contribution in [-0.2, 0) is 4.74 Å². The molecule has 65 valence electrons. The first-order valence-corrected chi connectivity index (χ1v) is 3.38. The van der Waals surface area contributed by atoms with Crippen LogP contribution in [0.1, 0.15) is 0 Å². The Bertz CT molecular complexity index is 130. The fourth-order valence-corrected chi connectivity index (χ4v) is 0.954. The molecule has 0 amide bonds. The quantitative estimate of drug-likeness (QED) is 0.344. The summed E-state index contributed by atoms with van der Waals surface area (Å²) in [6, 6.07) is -0.777. The second-order valence-corrected chi connectivity index (χ2v) is 2.55. The Kier molecular flexibility index (Phi) is 2.80. The molecule has 0 spiro atoms. The maximum absolute atomic E-state index is 9.22. The number of aliphatic hydroxyl groups excluding tert-OH is 3. The minimum atomic E-state index is -1.01. The van der Waals surface area contributed by atoms with Crippen LogP contribution in [0, 0.1) is 6.61 Å². The van der Waals surface area contributed by atoms with E-state index >= 15 is 0 Å². The number of aliphatic hydroxyl groups is 3. The molecular formula is C6H12NO4. The van der Waals surface area contributed by atoms with Crippen molar-refractivity contribution in [2.24, 2.45) is 5.73 Å². The molecule has 0 aromatic heterocycles. The van der Waals surface area contributed by atoms with Crippen LogP contribution in [0.2, 0.25) is 0 Å². The first kappa shape index (κ1) is 8.89. The van der Waals surface area contributed by atoms with Crippen molar-refractivity contribution in [3.05, 3.63) is 6.61 Å². The van der Waals surface area contributed by atoms with E-state index < -0.39 is 24.4 Å². The summed E-state index contributed by atoms with van der Waals surface area (Å²) in [7, 11) is 0. The van der Waals surface area contributed by atoms with Crippen molar-refractivity contribution in [3.63, 3.8) is 0 Å². The van der Waals surface area contributed by atoms with Crippen molar-refractivity contribution in [3.8, 4) is 0 Å². The zero-order chi connectivity index (χ0) is 8.43. The summed E-state index contributed by atoms with van der Waals surface area (Å²) >= 11 is 0. The van der Waals surface area contributed by atoms with Crippen molar-refractivity contribution < 1.29 is 20.1 Å². The van der Waals surface area contributed by atoms with Gasteiger partial charge in [-0.3, -0.25) is 0 Å². The Hall–Kier alpha value is -0.200. The minimum Gasteiger partial charge on any atom is -0.394 e. The Morgan fingerprint density at radius 3 is 2.64 bits per heavy atom. The summed E-state index contributed by atoms with van der Waals surface area (Å²) in [6.07, 6.45) is -2.69. The monoisotopic (exact) mass is 162 g/mol. The highest BCUT2D eigenvalue weighted by molar-refractivity contribution is 4.94. The van der Waals surface area contributed by atoms with Crippen molar-refractivity contribution >= 4 is 0 Å². The lowest BCUT2D eigenvalue weighted by Gasteiger charge is -2.34. The fraction of sp³-hybridized carbons (Fsp3) is 0.833. The lowest BCUT2D eigenvalue weighted by Crippen LogP contribution is -2.56. The van der Waals surface area contributed by atoms with Gasteiger partial charge in [-0.25, -0.2) is 0 Å². The average Bonchev–Trinajstić information content (AvgIpc) is 2.01. The molecule has 0 bridgehead atoms. The molecule has 1 aliphatic heterocycles. The maximum Gasteiger partial charge on any atom is 0.114 e. The van der Waals surface area contributed by atoms with Crippen molar-refractivity contribution in [1.82, 2.24) is 0 Å². The fourth-order valence-electron chi connectivity index (χ4n) is 0.954. The van der Waals surface area contributed by atoms with Crippen LogP contribution in [0.5, 0.6) is 0 Å². The molecule has 1 heterocycles. The molecular weight excluding hydrogens is 150 g/mol. The third-order valence-electron chi connectivity index (χ3n) is 1.74. The van der Waals surface area contributed by atoms with Crippen LogP contribution in [0.25, 0.3) is 0 Å². The molecule has 1 fully saturated rings. The zero-order valence-electron chi connectivity index (χ0n) is 5.92. The normalized spacial score (nSPS) is 45.8. The van der Waals surface area contributed by atoms with E-state index in [-0.39, 0.29) is 6.61 Å². The Morgan fingerprint density at radius 2 is 2.09 bits per heavy atom. The first-order chi connectivity index (χ1) is 5.16. The first-order valence-electron chi connectivity index (χ1n) is 3.38. The van der Waals surface area contributed by atoms with E-state index in [0.717, 1.165) is 6.61 Å². The average molecular weight is 162 g/mol. The lowest BCUT2D eigenvalue weighted by atomic mass is 9.99. The molecule has 0 aromatic rings. The van der Waals surface area contributed by atoms with Gasteiger partial charge in [0, 0.05) is 0 Å². The van der Waals surface area contributed by atoms with Crippen molar-refractivity contribution in [1.29, 1.82) is 0 Å². The Morgan fingerprint density at radius 1 is 1.45 bits per heavy atom. The highest BCUT2D eigenvalue weighted by Crippen LogP contribution is 2.15. The zero-order valence-corrected chi connectivity index (χ0v) is 5.92. The molecule has 11 heavy (non-hydrogen) atoms. The van der Waals surface area contributed by atoms with Crippen LogP contribution >= 0.6 is 0 Å². The van der Waals surface area contributed by atoms with E-state index in [9.17, 15) is 5.11 Å². The highest BCUT2D eigenvalue weighted by atomic mass is 16.5. The number of hydrogen-bond acceptors (Lipinski definition) is 5. The van der Waals surface area contributed by atoms with Crippen molar-refractivity contribution in [2.75, 3.05) is 6.61 Å². The number of nitrogens with two attached hydrogens (primary N) is 1. The largest absolute Gasteiger partial charge is 0.394 e. The smallest absolute Gasteiger partial charge is 0.114 e. The molecule has 5 N–H and O–H groups in total. The van der Waals surface area contributed by atoms with E-state index in [2.05, 4.69) is 0 Å². The molecule has 5 heteroatoms. The van der Waals surface area contributed by atoms with Gasteiger partial charge in [-0.2, -0.15) is 0 Å². The Labute approximate surface area is 64.4 Å². The summed E-state index contributed by atoms with van der Waals surface area (Å²) in [5.74, 6) is 0. The van der Waals surface area contributed by atoms with Gasteiger partial charge in [0.25, 0.3) is 0 Å². The van der Waals surface area contributed by atoms with Gasteiger partial charge in [0.2, 0.25) is 0 Å². The van der Waals surface area contributed by atoms with Crippen LogP contribution < -0.4 is 5.73 Å². The van der Waals surface area contributed by atoms with Crippen molar-refractivity contribution in [2.45, 2.75) is 24.4 Å². The minimum absolute atomic E-state index is 0.307. The van der Waals surface area contributed by atoms with Gasteiger partial charge in [-0.1, -0.05) is 0 Å². The van der Waals surface area contributed by atoms with Gasteiger partial charge < -0.3 is 25.8 Å². The van der Waals surface area contributed by atoms with Gasteiger partial charge >= 0.3 is 0 Å². The molecule has 0 saturated carbocycles. The van der Waals surface area contributed by atoms with Gasteiger partial charge in [-0.05, 0) is 0 Å². The number of rotatable bonds is 1. The summed E-state index contributed by atoms with van der Waals surface area (Å²) in [6.45, 7) is 0.816. The van der Waals surface area contributed by atoms with Crippen LogP contribution in [0.4, 0.5) is 0 Å². The predicted molar refractivity (Wildman–Crippen MR) is 36.2 cm³/mol. The lowest BCUT2D eigenvalue weighted by molar-refractivity contribution is -0.116. The molecule has 1 saturated heterocycles. The maximum atomic E-state index is 9.22.